The highest BCUT2D eigenvalue weighted by Gasteiger charge is 2.34. The molecule has 2 N–H and O–H groups in total. The summed E-state index contributed by atoms with van der Waals surface area (Å²) in [5.41, 5.74) is 1.68. The largest absolute Gasteiger partial charge is 0.497 e. The zero-order valence-electron chi connectivity index (χ0n) is 15.5. The van der Waals surface area contributed by atoms with Gasteiger partial charge in [-0.3, -0.25) is 0 Å². The Hall–Kier alpha value is -2.47. The number of fused-ring (bicyclic) bond motifs is 1. The molecule has 26 heavy (non-hydrogen) atoms. The maximum absolute atomic E-state index is 6.12. The summed E-state index contributed by atoms with van der Waals surface area (Å²) >= 11 is 5.51. The highest BCUT2D eigenvalue weighted by atomic mass is 32.1. The van der Waals surface area contributed by atoms with Crippen LogP contribution in [0.25, 0.3) is 0 Å². The van der Waals surface area contributed by atoms with Gasteiger partial charge in [0, 0.05) is 23.7 Å². The SMILES string of the molecule is COc1ccc(NC(=S)N[C@H]2CC(C)(C)Oc3cc(OC)ccc32)cc1. The van der Waals surface area contributed by atoms with E-state index in [1.54, 1.807) is 14.2 Å². The van der Waals surface area contributed by atoms with Crippen LogP contribution in [0.4, 0.5) is 5.69 Å². The van der Waals surface area contributed by atoms with Gasteiger partial charge in [-0.2, -0.15) is 0 Å². The Morgan fingerprint density at radius 2 is 1.73 bits per heavy atom. The van der Waals surface area contributed by atoms with Crippen LogP contribution in [0, 0.1) is 0 Å². The summed E-state index contributed by atoms with van der Waals surface area (Å²) in [6.45, 7) is 4.15. The summed E-state index contributed by atoms with van der Waals surface area (Å²) in [6.07, 6.45) is 0.802. The Labute approximate surface area is 159 Å². The molecular formula is C20H24N2O3S. The van der Waals surface area contributed by atoms with Gasteiger partial charge in [0.15, 0.2) is 5.11 Å². The Balaban J connectivity index is 1.75. The van der Waals surface area contributed by atoms with Gasteiger partial charge in [0.25, 0.3) is 0 Å². The van der Waals surface area contributed by atoms with E-state index in [4.69, 9.17) is 26.4 Å². The molecule has 0 amide bonds. The molecule has 1 aliphatic heterocycles. The fourth-order valence-electron chi connectivity index (χ4n) is 3.09. The van der Waals surface area contributed by atoms with Gasteiger partial charge < -0.3 is 24.8 Å². The van der Waals surface area contributed by atoms with Gasteiger partial charge in [0.2, 0.25) is 0 Å². The fourth-order valence-corrected chi connectivity index (χ4v) is 3.35. The minimum atomic E-state index is -0.299. The lowest BCUT2D eigenvalue weighted by atomic mass is 9.89. The minimum absolute atomic E-state index is 0.0536. The molecule has 3 rings (SSSR count). The molecule has 1 aliphatic rings. The molecule has 0 bridgehead atoms. The number of anilines is 1. The maximum Gasteiger partial charge on any atom is 0.171 e. The van der Waals surface area contributed by atoms with E-state index >= 15 is 0 Å². The van der Waals surface area contributed by atoms with E-state index in [1.165, 1.54) is 0 Å². The van der Waals surface area contributed by atoms with E-state index in [9.17, 15) is 0 Å². The summed E-state index contributed by atoms with van der Waals surface area (Å²) in [4.78, 5) is 0. The van der Waals surface area contributed by atoms with Crippen LogP contribution in [0.15, 0.2) is 42.5 Å². The topological polar surface area (TPSA) is 51.8 Å². The first-order chi connectivity index (χ1) is 12.4. The van der Waals surface area contributed by atoms with Crippen molar-refractivity contribution < 1.29 is 14.2 Å². The second-order valence-corrected chi connectivity index (χ2v) is 7.26. The van der Waals surface area contributed by atoms with Crippen LogP contribution in [-0.4, -0.2) is 24.9 Å². The summed E-state index contributed by atoms with van der Waals surface area (Å²) in [6, 6.07) is 13.6. The van der Waals surface area contributed by atoms with Gasteiger partial charge in [-0.1, -0.05) is 0 Å². The van der Waals surface area contributed by atoms with Gasteiger partial charge in [-0.25, -0.2) is 0 Å². The van der Waals surface area contributed by atoms with Crippen molar-refractivity contribution in [1.82, 2.24) is 5.32 Å². The van der Waals surface area contributed by atoms with E-state index in [-0.39, 0.29) is 11.6 Å². The van der Waals surface area contributed by atoms with Crippen molar-refractivity contribution in [1.29, 1.82) is 0 Å². The van der Waals surface area contributed by atoms with Crippen LogP contribution in [-0.2, 0) is 0 Å². The van der Waals surface area contributed by atoms with E-state index in [0.717, 1.165) is 34.9 Å². The Bertz CT molecular complexity index is 790. The Kier molecular flexibility index (Phi) is 5.23. The number of nitrogens with one attached hydrogen (secondary N) is 2. The molecule has 138 valence electrons. The summed E-state index contributed by atoms with van der Waals surface area (Å²) in [5, 5.41) is 7.20. The number of benzene rings is 2. The lowest BCUT2D eigenvalue weighted by Crippen LogP contribution is -2.42. The molecule has 0 saturated carbocycles. The standard InChI is InChI=1S/C20H24N2O3S/c1-20(2)12-17(16-10-9-15(24-4)11-18(16)25-20)22-19(26)21-13-5-7-14(23-3)8-6-13/h5-11,17H,12H2,1-4H3,(H2,21,22,26)/t17-/m0/s1. The van der Waals surface area contributed by atoms with E-state index < -0.39 is 0 Å². The number of ether oxygens (including phenoxy) is 3. The molecule has 1 atom stereocenters. The van der Waals surface area contributed by atoms with Gasteiger partial charge in [0.1, 0.15) is 22.8 Å². The van der Waals surface area contributed by atoms with Crippen LogP contribution in [0.1, 0.15) is 31.9 Å². The number of rotatable bonds is 4. The normalized spacial score (nSPS) is 17.5. The van der Waals surface area contributed by atoms with E-state index in [0.29, 0.717) is 5.11 Å². The van der Waals surface area contributed by atoms with Crippen molar-refractivity contribution in [2.24, 2.45) is 0 Å². The highest BCUT2D eigenvalue weighted by molar-refractivity contribution is 7.80. The average molecular weight is 372 g/mol. The molecule has 0 unspecified atom stereocenters. The zero-order valence-corrected chi connectivity index (χ0v) is 16.3. The molecule has 0 spiro atoms. The van der Waals surface area contributed by atoms with E-state index in [2.05, 4.69) is 24.5 Å². The van der Waals surface area contributed by atoms with Gasteiger partial charge in [-0.15, -0.1) is 0 Å². The van der Waals surface area contributed by atoms with Crippen molar-refractivity contribution in [3.8, 4) is 17.2 Å². The second-order valence-electron chi connectivity index (χ2n) is 6.85. The van der Waals surface area contributed by atoms with Crippen molar-refractivity contribution in [3.05, 3.63) is 48.0 Å². The first-order valence-corrected chi connectivity index (χ1v) is 8.89. The zero-order chi connectivity index (χ0) is 18.7. The molecule has 0 aromatic heterocycles. The van der Waals surface area contributed by atoms with E-state index in [1.807, 2.05) is 42.5 Å². The maximum atomic E-state index is 6.12. The average Bonchev–Trinajstić information content (AvgIpc) is 2.60. The van der Waals surface area contributed by atoms with Crippen molar-refractivity contribution in [2.45, 2.75) is 31.9 Å². The Morgan fingerprint density at radius 1 is 1.08 bits per heavy atom. The molecule has 0 fully saturated rings. The Morgan fingerprint density at radius 3 is 2.38 bits per heavy atom. The molecule has 1 heterocycles. The molecule has 6 heteroatoms. The molecular weight excluding hydrogens is 348 g/mol. The minimum Gasteiger partial charge on any atom is -0.497 e. The van der Waals surface area contributed by atoms with Crippen LogP contribution < -0.4 is 24.8 Å². The van der Waals surface area contributed by atoms with Crippen LogP contribution in [0.2, 0.25) is 0 Å². The third kappa shape index (κ3) is 4.19. The summed E-state index contributed by atoms with van der Waals surface area (Å²) < 4.78 is 16.6. The third-order valence-electron chi connectivity index (χ3n) is 4.33. The molecule has 0 saturated heterocycles. The third-order valence-corrected chi connectivity index (χ3v) is 4.55. The quantitative estimate of drug-likeness (QED) is 0.781. The predicted octanol–water partition coefficient (Wildman–Crippen LogP) is 4.29. The molecule has 2 aromatic rings. The molecule has 5 nitrogen and oxygen atoms in total. The number of thiocarbonyl (C=S) groups is 1. The van der Waals surface area contributed by atoms with Crippen molar-refractivity contribution >= 4 is 23.0 Å². The smallest absolute Gasteiger partial charge is 0.171 e. The van der Waals surface area contributed by atoms with Gasteiger partial charge in [-0.05, 0) is 62.5 Å². The van der Waals surface area contributed by atoms with Gasteiger partial charge >= 0.3 is 0 Å². The second kappa shape index (κ2) is 7.41. The highest BCUT2D eigenvalue weighted by Crippen LogP contribution is 2.41. The molecule has 2 aromatic carbocycles. The monoisotopic (exact) mass is 372 g/mol. The summed E-state index contributed by atoms with van der Waals surface area (Å²) in [7, 11) is 3.30. The number of methoxy groups -OCH3 is 2. The molecule has 0 radical (unpaired) electrons. The van der Waals surface area contributed by atoms with Crippen LogP contribution >= 0.6 is 12.2 Å². The first-order valence-electron chi connectivity index (χ1n) is 8.49. The lowest BCUT2D eigenvalue weighted by Gasteiger charge is -2.38. The molecule has 0 aliphatic carbocycles. The lowest BCUT2D eigenvalue weighted by molar-refractivity contribution is 0.0693. The van der Waals surface area contributed by atoms with Crippen molar-refractivity contribution in [3.63, 3.8) is 0 Å². The van der Waals surface area contributed by atoms with Gasteiger partial charge in [0.05, 0.1) is 20.3 Å². The van der Waals surface area contributed by atoms with Crippen LogP contribution in [0.3, 0.4) is 0 Å². The number of hydrogen-bond acceptors (Lipinski definition) is 4. The number of hydrogen-bond donors (Lipinski definition) is 2. The van der Waals surface area contributed by atoms with Crippen LogP contribution in [0.5, 0.6) is 17.2 Å². The first kappa shape index (κ1) is 18.3. The predicted molar refractivity (Wildman–Crippen MR) is 107 cm³/mol. The van der Waals surface area contributed by atoms with Crippen molar-refractivity contribution in [2.75, 3.05) is 19.5 Å². The fraction of sp³-hybridized carbons (Fsp3) is 0.350. The summed E-state index contributed by atoms with van der Waals surface area (Å²) in [5.74, 6) is 2.41.